The molecule has 4 aromatic rings. The van der Waals surface area contributed by atoms with Gasteiger partial charge in [-0.05, 0) is 13.0 Å². The van der Waals surface area contributed by atoms with E-state index in [4.69, 9.17) is 24.9 Å². The average Bonchev–Trinajstić information content (AvgIpc) is 3.56. The highest BCUT2D eigenvalue weighted by Crippen LogP contribution is 2.54. The molecule has 6 atom stereocenters. The molecule has 3 aliphatic rings. The maximum atomic E-state index is 13.9. The molecule has 46 heavy (non-hydrogen) atoms. The number of benzene rings is 3. The van der Waals surface area contributed by atoms with Crippen LogP contribution in [-0.4, -0.2) is 68.6 Å². The van der Waals surface area contributed by atoms with Crippen molar-refractivity contribution in [3.63, 3.8) is 0 Å². The van der Waals surface area contributed by atoms with Crippen molar-refractivity contribution in [2.24, 2.45) is 5.73 Å². The van der Waals surface area contributed by atoms with Gasteiger partial charge in [-0.15, -0.1) is 11.3 Å². The van der Waals surface area contributed by atoms with Crippen LogP contribution in [0, 0.1) is 0 Å². The molecule has 0 saturated carbocycles. The molecule has 6 N–H and O–H groups in total. The summed E-state index contributed by atoms with van der Waals surface area (Å²) in [5, 5.41) is 48.6. The average molecular weight is 645 g/mol. The number of hydrogen-bond acceptors (Lipinski definition) is 12. The third-order valence-corrected chi connectivity index (χ3v) is 10.0. The van der Waals surface area contributed by atoms with E-state index >= 15 is 0 Å². The smallest absolute Gasteiger partial charge is 0.202 e. The molecule has 7 rings (SSSR count). The molecule has 2 heterocycles. The third kappa shape index (κ3) is 4.72. The number of methoxy groups -OCH3 is 1. The zero-order valence-electron chi connectivity index (χ0n) is 25.0. The Balaban J connectivity index is 1.38. The number of aromatic nitrogens is 1. The highest BCUT2D eigenvalue weighted by Gasteiger charge is 2.49. The summed E-state index contributed by atoms with van der Waals surface area (Å²) in [5.74, 6) is -2.30. The number of nitrogens with two attached hydrogens (primary N) is 1. The second-order valence-corrected chi connectivity index (χ2v) is 12.8. The summed E-state index contributed by atoms with van der Waals surface area (Å²) >= 11 is 1.34. The molecule has 0 amide bonds. The number of ketones is 2. The lowest BCUT2D eigenvalue weighted by atomic mass is 9.72. The number of phenolic OH excluding ortho intramolecular Hbond substituents is 2. The molecule has 3 aromatic carbocycles. The monoisotopic (exact) mass is 644 g/mol. The Kier molecular flexibility index (Phi) is 7.46. The number of nitrogens with zero attached hydrogens (tertiary/aromatic N) is 1. The summed E-state index contributed by atoms with van der Waals surface area (Å²) in [6.45, 7) is 1.65. The van der Waals surface area contributed by atoms with E-state index in [-0.39, 0.29) is 58.4 Å². The van der Waals surface area contributed by atoms with Gasteiger partial charge in [0.2, 0.25) is 5.78 Å². The van der Waals surface area contributed by atoms with Crippen molar-refractivity contribution in [2.75, 3.05) is 7.11 Å². The fourth-order valence-corrected chi connectivity index (χ4v) is 7.71. The number of carbonyl (C=O) groups excluding carboxylic acids is 2. The largest absolute Gasteiger partial charge is 0.507 e. The van der Waals surface area contributed by atoms with E-state index in [1.807, 2.05) is 30.3 Å². The van der Waals surface area contributed by atoms with E-state index in [2.05, 4.69) is 0 Å². The highest BCUT2D eigenvalue weighted by atomic mass is 32.1. The van der Waals surface area contributed by atoms with Crippen LogP contribution in [0.15, 0.2) is 53.9 Å². The summed E-state index contributed by atoms with van der Waals surface area (Å²) in [7, 11) is 1.37. The number of thiazole rings is 1. The molecule has 1 saturated heterocycles. The Labute approximate surface area is 267 Å². The normalized spacial score (nSPS) is 27.1. The van der Waals surface area contributed by atoms with E-state index in [0.717, 1.165) is 5.56 Å². The van der Waals surface area contributed by atoms with Crippen molar-refractivity contribution in [1.29, 1.82) is 0 Å². The zero-order valence-corrected chi connectivity index (χ0v) is 25.8. The lowest BCUT2D eigenvalue weighted by molar-refractivity contribution is -0.248. The van der Waals surface area contributed by atoms with E-state index in [0.29, 0.717) is 10.7 Å². The van der Waals surface area contributed by atoms with Crippen LogP contribution in [0.25, 0.3) is 10.6 Å². The third-order valence-electron chi connectivity index (χ3n) is 9.14. The van der Waals surface area contributed by atoms with Gasteiger partial charge in [-0.2, -0.15) is 0 Å². The lowest BCUT2D eigenvalue weighted by Crippen LogP contribution is -2.52. The Hall–Kier alpha value is -4.17. The molecule has 1 aliphatic heterocycles. The molecule has 0 bridgehead atoms. The molecule has 238 valence electrons. The van der Waals surface area contributed by atoms with Crippen LogP contribution in [0.5, 0.6) is 17.2 Å². The highest BCUT2D eigenvalue weighted by molar-refractivity contribution is 7.13. The molecule has 4 unspecified atom stereocenters. The van der Waals surface area contributed by atoms with E-state index < -0.39 is 59.3 Å². The Morgan fingerprint density at radius 3 is 2.48 bits per heavy atom. The summed E-state index contributed by atoms with van der Waals surface area (Å²) in [6.07, 6.45) is -3.98. The van der Waals surface area contributed by atoms with Crippen molar-refractivity contribution >= 4 is 22.9 Å². The number of aliphatic hydroxyl groups excluding tert-OH is 1. The quantitative estimate of drug-likeness (QED) is 0.176. The number of phenols is 2. The van der Waals surface area contributed by atoms with E-state index in [1.54, 1.807) is 18.4 Å². The van der Waals surface area contributed by atoms with E-state index in [9.17, 15) is 30.0 Å². The van der Waals surface area contributed by atoms with Gasteiger partial charge >= 0.3 is 0 Å². The Bertz CT molecular complexity index is 1860. The van der Waals surface area contributed by atoms with Gasteiger partial charge in [0.05, 0.1) is 47.8 Å². The maximum absolute atomic E-state index is 13.9. The fourth-order valence-electron chi connectivity index (χ4n) is 6.79. The molecule has 1 aromatic heterocycles. The van der Waals surface area contributed by atoms with Crippen molar-refractivity contribution in [2.45, 2.75) is 62.4 Å². The van der Waals surface area contributed by atoms with Crippen LogP contribution in [-0.2, 0) is 21.5 Å². The molecule has 12 heteroatoms. The molecule has 1 fully saturated rings. The van der Waals surface area contributed by atoms with Crippen molar-refractivity contribution < 1.29 is 44.2 Å². The second kappa shape index (κ2) is 11.3. The Morgan fingerprint density at radius 1 is 1.02 bits per heavy atom. The first-order valence-electron chi connectivity index (χ1n) is 14.9. The van der Waals surface area contributed by atoms with E-state index in [1.165, 1.54) is 30.6 Å². The summed E-state index contributed by atoms with van der Waals surface area (Å²) in [6, 6.07) is 13.3. The van der Waals surface area contributed by atoms with Crippen LogP contribution in [0.3, 0.4) is 0 Å². The zero-order chi connectivity index (χ0) is 32.5. The predicted molar refractivity (Wildman–Crippen MR) is 166 cm³/mol. The van der Waals surface area contributed by atoms with Gasteiger partial charge in [0.1, 0.15) is 27.9 Å². The van der Waals surface area contributed by atoms with Gasteiger partial charge in [-0.3, -0.25) is 9.59 Å². The molecule has 2 aliphatic carbocycles. The minimum atomic E-state index is -1.72. The molecular formula is C34H32N2O9S. The lowest BCUT2D eigenvalue weighted by Gasteiger charge is -2.42. The Morgan fingerprint density at radius 2 is 1.76 bits per heavy atom. The molecule has 0 radical (unpaired) electrons. The number of rotatable bonds is 5. The van der Waals surface area contributed by atoms with Gasteiger partial charge in [0, 0.05) is 52.9 Å². The summed E-state index contributed by atoms with van der Waals surface area (Å²) in [5.41, 5.74) is 4.98. The number of aromatic hydroxyl groups is 2. The van der Waals surface area contributed by atoms with Gasteiger partial charge < -0.3 is 40.4 Å². The van der Waals surface area contributed by atoms with Crippen LogP contribution in [0.2, 0.25) is 0 Å². The number of aliphatic hydroxyl groups is 2. The summed E-state index contributed by atoms with van der Waals surface area (Å²) in [4.78, 5) is 32.5. The van der Waals surface area contributed by atoms with Crippen molar-refractivity contribution in [3.05, 3.63) is 93.0 Å². The van der Waals surface area contributed by atoms with Gasteiger partial charge in [0.15, 0.2) is 12.1 Å². The number of carbonyl (C=O) groups is 2. The second-order valence-electron chi connectivity index (χ2n) is 12.0. The minimum absolute atomic E-state index is 0.0227. The van der Waals surface area contributed by atoms with Crippen molar-refractivity contribution in [1.82, 2.24) is 4.98 Å². The molecular weight excluding hydrogens is 612 g/mol. The topological polar surface area (TPSA) is 182 Å². The van der Waals surface area contributed by atoms with Crippen LogP contribution >= 0.6 is 11.3 Å². The van der Waals surface area contributed by atoms with Crippen LogP contribution < -0.4 is 10.5 Å². The molecule has 0 spiro atoms. The number of ether oxygens (including phenoxy) is 3. The number of hydrogen-bond donors (Lipinski definition) is 5. The first-order valence-corrected chi connectivity index (χ1v) is 15.8. The summed E-state index contributed by atoms with van der Waals surface area (Å²) < 4.78 is 17.6. The van der Waals surface area contributed by atoms with Crippen LogP contribution in [0.4, 0.5) is 0 Å². The molecule has 11 nitrogen and oxygen atoms in total. The van der Waals surface area contributed by atoms with Gasteiger partial charge in [-0.1, -0.05) is 42.5 Å². The SMILES string of the molecule is COc1cccc2c1C(=O)c1c(O)c3c(c(O)c1C2=O)C[C@@](O)(c1csc(-c2ccccc2)n1)C[C@@H]3OC1CC(N)C(O)C(C)O1. The minimum Gasteiger partial charge on any atom is -0.507 e. The van der Waals surface area contributed by atoms with Gasteiger partial charge in [-0.25, -0.2) is 4.98 Å². The number of fused-ring (bicyclic) bond motifs is 3. The first kappa shape index (κ1) is 30.5. The standard InChI is InChI=1S/C34H32N2O9S/c1-15-28(37)19(35)11-23(44-15)45-21-13-34(42,22-14-46-33(36-22)16-7-4-3-5-8-16)12-18-25(21)32(41)27-26(30(18)39)29(38)17-9-6-10-20(43-2)24(17)31(27)40/h3-10,14-15,19,21,23,28,37,39,41-42H,11-13,35H2,1-2H3/t15?,19?,21-,23?,28?,34-/m0/s1. The van der Waals surface area contributed by atoms with Gasteiger partial charge in [0.25, 0.3) is 0 Å². The fraction of sp³-hybridized carbons (Fsp3) is 0.324. The van der Waals surface area contributed by atoms with Crippen LogP contribution in [0.1, 0.15) is 74.5 Å². The van der Waals surface area contributed by atoms with Crippen molar-refractivity contribution in [3.8, 4) is 27.8 Å². The predicted octanol–water partition coefficient (Wildman–Crippen LogP) is 3.72. The first-order chi connectivity index (χ1) is 22.0. The maximum Gasteiger partial charge on any atom is 0.202 e.